The molecule has 0 aliphatic carbocycles. The van der Waals surface area contributed by atoms with Crippen molar-refractivity contribution in [1.82, 2.24) is 39.5 Å². The van der Waals surface area contributed by atoms with E-state index in [1.54, 1.807) is 146 Å². The topological polar surface area (TPSA) is 379 Å². The molecular formula is C73H100N12O12S3. The fraction of sp³-hybridized carbons (Fsp3) is 0.425. The van der Waals surface area contributed by atoms with Crippen LogP contribution in [0.2, 0.25) is 0 Å². The molecule has 6 atom stereocenters. The van der Waals surface area contributed by atoms with Gasteiger partial charge in [-0.2, -0.15) is 12.9 Å². The van der Waals surface area contributed by atoms with E-state index in [9.17, 15) is 54.0 Å². The molecule has 100 heavy (non-hydrogen) atoms. The number of rotatable bonds is 47. The number of hydrogen-bond acceptors (Lipinski definition) is 16. The van der Waals surface area contributed by atoms with E-state index >= 15 is 0 Å². The first-order chi connectivity index (χ1) is 47.9. The molecular weight excluding hydrogens is 1330 g/mol. The number of nitrogens with two attached hydrogens (primary N) is 4. The molecule has 0 aliphatic rings. The lowest BCUT2D eigenvalue weighted by Crippen LogP contribution is -2.57. The number of nitrogens with zero attached hydrogens (tertiary/aromatic N) is 3. The van der Waals surface area contributed by atoms with Crippen molar-refractivity contribution in [3.05, 3.63) is 215 Å². The van der Waals surface area contributed by atoms with Crippen LogP contribution in [0.5, 0.6) is 0 Å². The number of sulfonamides is 3. The van der Waals surface area contributed by atoms with Crippen LogP contribution in [0.4, 0.5) is 0 Å². The van der Waals surface area contributed by atoms with Crippen LogP contribution in [-0.4, -0.2) is 169 Å². The summed E-state index contributed by atoms with van der Waals surface area (Å²) in [4.78, 5) is 86.0. The number of carbonyl (C=O) groups is 6. The average Bonchev–Trinajstić information content (AvgIpc) is 0.836. The van der Waals surface area contributed by atoms with Gasteiger partial charge in [0.2, 0.25) is 59.6 Å². The third-order valence-electron chi connectivity index (χ3n) is 16.7. The number of benzene rings is 6. The molecule has 27 heteroatoms. The van der Waals surface area contributed by atoms with Gasteiger partial charge in [-0.1, -0.05) is 188 Å². The van der Waals surface area contributed by atoms with Crippen molar-refractivity contribution in [2.75, 3.05) is 58.9 Å². The van der Waals surface area contributed by atoms with Crippen LogP contribution in [-0.2, 0) is 95.4 Å². The zero-order valence-electron chi connectivity index (χ0n) is 57.0. The van der Waals surface area contributed by atoms with Gasteiger partial charge >= 0.3 is 0 Å². The van der Waals surface area contributed by atoms with Crippen LogP contribution in [0.1, 0.15) is 98.1 Å². The van der Waals surface area contributed by atoms with E-state index in [-0.39, 0.29) is 64.1 Å². The highest BCUT2D eigenvalue weighted by Gasteiger charge is 2.36. The number of Topliss-reactive ketones (excluding diaryl/α,β-unsaturated/α-hetero) is 1. The van der Waals surface area contributed by atoms with Crippen LogP contribution in [0.3, 0.4) is 0 Å². The minimum Gasteiger partial charge on any atom is -0.350 e. The second kappa shape index (κ2) is 42.2. The number of carbonyl (C=O) groups excluding carboxylic acids is 6. The first-order valence-electron chi connectivity index (χ1n) is 34.0. The van der Waals surface area contributed by atoms with E-state index in [2.05, 4.69) is 26.6 Å². The maximum atomic E-state index is 15.0. The molecule has 0 radical (unpaired) electrons. The van der Waals surface area contributed by atoms with Crippen molar-refractivity contribution < 1.29 is 54.0 Å². The van der Waals surface area contributed by atoms with Gasteiger partial charge in [-0.25, -0.2) is 25.3 Å². The number of ketones is 1. The van der Waals surface area contributed by atoms with E-state index in [0.717, 1.165) is 24.0 Å². The third-order valence-corrected chi connectivity index (χ3v) is 22.0. The smallest absolute Gasteiger partial charge is 0.242 e. The highest BCUT2D eigenvalue weighted by molar-refractivity contribution is 7.88. The maximum absolute atomic E-state index is 15.0. The zero-order chi connectivity index (χ0) is 72.3. The molecule has 0 heterocycles. The van der Waals surface area contributed by atoms with Crippen LogP contribution in [0, 0.1) is 0 Å². The molecule has 0 fully saturated rings. The lowest BCUT2D eigenvalue weighted by molar-refractivity contribution is -0.130. The Hall–Kier alpha value is -8.09. The largest absolute Gasteiger partial charge is 0.350 e. The van der Waals surface area contributed by atoms with Crippen LogP contribution in [0.25, 0.3) is 0 Å². The van der Waals surface area contributed by atoms with Crippen molar-refractivity contribution >= 4 is 65.4 Å². The molecule has 0 unspecified atom stereocenters. The van der Waals surface area contributed by atoms with Gasteiger partial charge in [0.25, 0.3) is 0 Å². The first-order valence-corrected chi connectivity index (χ1v) is 38.8. The van der Waals surface area contributed by atoms with E-state index in [1.807, 2.05) is 36.4 Å². The molecule has 13 N–H and O–H groups in total. The number of unbranched alkanes of at least 4 members (excludes halogenated alkanes) is 3. The van der Waals surface area contributed by atoms with E-state index in [1.165, 1.54) is 6.92 Å². The van der Waals surface area contributed by atoms with Crippen molar-refractivity contribution in [2.45, 2.75) is 137 Å². The van der Waals surface area contributed by atoms with Crippen LogP contribution < -0.4 is 49.5 Å². The van der Waals surface area contributed by atoms with Crippen molar-refractivity contribution in [3.8, 4) is 0 Å². The summed E-state index contributed by atoms with van der Waals surface area (Å²) in [6.07, 6.45) is 3.12. The van der Waals surface area contributed by atoms with Crippen LogP contribution in [0.15, 0.2) is 182 Å². The summed E-state index contributed by atoms with van der Waals surface area (Å²) in [5, 5.41) is 14.2. The monoisotopic (exact) mass is 1430 g/mol. The Balaban J connectivity index is 1.29. The Bertz CT molecular complexity index is 3820. The van der Waals surface area contributed by atoms with E-state index in [4.69, 9.17) is 22.9 Å². The van der Waals surface area contributed by atoms with Gasteiger partial charge in [0.15, 0.2) is 5.78 Å². The Kier molecular flexibility index (Phi) is 34.2. The molecule has 0 saturated carbocycles. The Morgan fingerprint density at radius 1 is 0.350 bits per heavy atom. The molecule has 6 aromatic rings. The van der Waals surface area contributed by atoms with Gasteiger partial charge in [0.1, 0.15) is 12.1 Å². The lowest BCUT2D eigenvalue weighted by atomic mass is 10.0. The molecule has 0 aromatic heterocycles. The van der Waals surface area contributed by atoms with Crippen molar-refractivity contribution in [2.24, 2.45) is 22.9 Å². The number of amides is 5. The summed E-state index contributed by atoms with van der Waals surface area (Å²) in [5.41, 5.74) is 27.9. The number of hydrogen-bond donors (Lipinski definition) is 9. The van der Waals surface area contributed by atoms with Gasteiger partial charge in [-0.3, -0.25) is 28.8 Å². The fourth-order valence-electron chi connectivity index (χ4n) is 11.5. The second-order valence-electron chi connectivity index (χ2n) is 25.2. The maximum Gasteiger partial charge on any atom is 0.242 e. The summed E-state index contributed by atoms with van der Waals surface area (Å²) < 4.78 is 90.5. The Labute approximate surface area is 590 Å². The number of nitrogens with one attached hydrogen (secondary N) is 5. The normalized spacial score (nSPS) is 13.7. The van der Waals surface area contributed by atoms with Crippen molar-refractivity contribution in [1.29, 1.82) is 0 Å². The third kappa shape index (κ3) is 29.2. The molecule has 0 saturated heterocycles. The Morgan fingerprint density at radius 3 is 0.990 bits per heavy atom. The minimum absolute atomic E-state index is 0.00843. The molecule has 6 rings (SSSR count). The molecule has 5 amide bonds. The standard InChI is InChI=1S/C73H100N12O12S3/c1-56(86)68(46-59-30-12-4-13-31-59)82-71(89)52-84(99(94,95)54-61-34-16-6-17-35-61)48-64(38-20-23-41-74)78-72(90)66(39-21-24-42-75)80-70(88)51-85(100(96,97)55-62-36-18-7-19-37-62)49-65(45-58-28-10-3-11-29-58)79-73(91)67(40-22-25-43-76)81-69(87)50-83(47-63(77)44-57-26-8-2-9-27-57)98(92,93)53-60-32-14-5-15-33-60/h2-19,26-37,63-68H,20-25,38-55,74-77H2,1H3,(H,78,90)(H,79,91)(H,80,88)(H,81,87)(H,82,89)/t63-,64-,65-,66-,67-,68-/m0/s1. The summed E-state index contributed by atoms with van der Waals surface area (Å²) in [6, 6.07) is 45.8. The van der Waals surface area contributed by atoms with E-state index in [0.29, 0.717) is 67.2 Å². The zero-order valence-corrected chi connectivity index (χ0v) is 59.5. The summed E-state index contributed by atoms with van der Waals surface area (Å²) in [5.74, 6) is -5.83. The Morgan fingerprint density at radius 2 is 0.640 bits per heavy atom. The summed E-state index contributed by atoms with van der Waals surface area (Å²) in [7, 11) is -13.1. The second-order valence-corrected chi connectivity index (χ2v) is 31.1. The first kappa shape index (κ1) is 80.9. The van der Waals surface area contributed by atoms with Gasteiger partial charge in [-0.15, -0.1) is 0 Å². The summed E-state index contributed by atoms with van der Waals surface area (Å²) >= 11 is 0. The quantitative estimate of drug-likeness (QED) is 0.0244. The molecule has 24 nitrogen and oxygen atoms in total. The molecule has 0 bridgehead atoms. The molecule has 0 aliphatic heterocycles. The minimum atomic E-state index is -4.50. The van der Waals surface area contributed by atoms with Gasteiger partial charge in [-0.05, 0) is 131 Å². The predicted octanol–water partition coefficient (Wildman–Crippen LogP) is 3.94. The molecule has 6 aromatic carbocycles. The lowest BCUT2D eigenvalue weighted by Gasteiger charge is -2.31. The summed E-state index contributed by atoms with van der Waals surface area (Å²) in [6.45, 7) is -1.35. The van der Waals surface area contributed by atoms with Gasteiger partial charge in [0.05, 0.1) is 42.9 Å². The van der Waals surface area contributed by atoms with Crippen LogP contribution >= 0.6 is 0 Å². The fourth-order valence-corrected chi connectivity index (χ4v) is 16.0. The molecule has 0 spiro atoms. The predicted molar refractivity (Wildman–Crippen MR) is 389 cm³/mol. The van der Waals surface area contributed by atoms with Crippen molar-refractivity contribution in [3.63, 3.8) is 0 Å². The highest BCUT2D eigenvalue weighted by atomic mass is 32.2. The molecule has 542 valence electrons. The van der Waals surface area contributed by atoms with Gasteiger partial charge < -0.3 is 49.5 Å². The van der Waals surface area contributed by atoms with Gasteiger partial charge in [0, 0.05) is 37.8 Å². The SMILES string of the molecule is CC(=O)[C@H](Cc1ccccc1)NC(=O)CN(C[C@H](CCCCN)NC(=O)[C@H](CCCCN)NC(=O)CN(C[C@H](Cc1ccccc1)NC(=O)[C@H](CCCCN)NC(=O)CN(C[C@@H](N)Cc1ccccc1)S(=O)(=O)Cc1ccccc1)S(=O)(=O)Cc1ccccc1)S(=O)(=O)Cc1ccccc1. The van der Waals surface area contributed by atoms with E-state index < -0.39 is 146 Å². The highest BCUT2D eigenvalue weighted by Crippen LogP contribution is 2.19. The average molecular weight is 1430 g/mol.